The Bertz CT molecular complexity index is 229. The van der Waals surface area contributed by atoms with Crippen LogP contribution in [0.2, 0.25) is 4.47 Å². The first-order valence-electron chi connectivity index (χ1n) is 2.04. The van der Waals surface area contributed by atoms with E-state index in [9.17, 15) is 0 Å². The van der Waals surface area contributed by atoms with Crippen molar-refractivity contribution in [3.05, 3.63) is 15.5 Å². The van der Waals surface area contributed by atoms with Crippen molar-refractivity contribution in [2.75, 3.05) is 0 Å². The molecule has 0 saturated carbocycles. The lowest BCUT2D eigenvalue weighted by atomic mass is 10.6. The summed E-state index contributed by atoms with van der Waals surface area (Å²) >= 11 is 13.0. The monoisotopic (exact) mass is 210 g/mol. The van der Waals surface area contributed by atoms with Gasteiger partial charge in [-0.25, -0.2) is 4.98 Å². The number of halogens is 1. The minimum atomic E-state index is 0.418. The van der Waals surface area contributed by atoms with Crippen molar-refractivity contribution in [1.82, 2.24) is 4.98 Å². The Balaban J connectivity index is 0.000000371. The number of hydrogen-bond acceptors (Lipinski definition) is 5. The summed E-state index contributed by atoms with van der Waals surface area (Å²) in [6, 6.07) is 1.92. The van der Waals surface area contributed by atoms with Crippen molar-refractivity contribution in [2.24, 2.45) is 0 Å². The molecular formula is C4H3ClN2S3. The first-order chi connectivity index (χ1) is 4.83. The van der Waals surface area contributed by atoms with Crippen molar-refractivity contribution in [3.63, 3.8) is 0 Å². The van der Waals surface area contributed by atoms with E-state index < -0.39 is 0 Å². The van der Waals surface area contributed by atoms with E-state index in [0.717, 1.165) is 0 Å². The normalized spacial score (nSPS) is 7.40. The molecule has 0 atom stereocenters. The molecule has 0 spiro atoms. The van der Waals surface area contributed by atoms with E-state index in [2.05, 4.69) is 28.3 Å². The van der Waals surface area contributed by atoms with Crippen LogP contribution >= 0.6 is 46.3 Å². The molecule has 0 unspecified atom stereocenters. The van der Waals surface area contributed by atoms with Gasteiger partial charge in [0.2, 0.25) is 0 Å². The Morgan fingerprint density at radius 2 is 2.30 bits per heavy atom. The van der Waals surface area contributed by atoms with Crippen LogP contribution in [0.1, 0.15) is 4.88 Å². The van der Waals surface area contributed by atoms with Gasteiger partial charge in [0.1, 0.15) is 10.9 Å². The summed E-state index contributed by atoms with van der Waals surface area (Å²) in [6.07, 6.45) is 1.45. The van der Waals surface area contributed by atoms with Crippen LogP contribution in [0.4, 0.5) is 0 Å². The fourth-order valence-corrected chi connectivity index (χ4v) is 1.04. The lowest BCUT2D eigenvalue weighted by Gasteiger charge is -1.64. The van der Waals surface area contributed by atoms with Gasteiger partial charge in [0.15, 0.2) is 4.47 Å². The van der Waals surface area contributed by atoms with Gasteiger partial charge in [-0.2, -0.15) is 5.26 Å². The van der Waals surface area contributed by atoms with Crippen LogP contribution in [0, 0.1) is 11.3 Å². The molecule has 0 aliphatic heterocycles. The van der Waals surface area contributed by atoms with E-state index >= 15 is 0 Å². The topological polar surface area (TPSA) is 36.7 Å². The van der Waals surface area contributed by atoms with Gasteiger partial charge in [-0.3, -0.25) is 0 Å². The maximum absolute atomic E-state index is 8.21. The summed E-state index contributed by atoms with van der Waals surface area (Å²) in [5, 5.41) is 8.21. The zero-order valence-electron chi connectivity index (χ0n) is 4.65. The van der Waals surface area contributed by atoms with Crippen LogP contribution in [-0.4, -0.2) is 4.98 Å². The molecule has 1 heterocycles. The van der Waals surface area contributed by atoms with Crippen LogP contribution in [0.25, 0.3) is 0 Å². The summed E-state index contributed by atoms with van der Waals surface area (Å²) < 4.78 is 0.418. The Morgan fingerprint density at radius 1 is 1.70 bits per heavy atom. The van der Waals surface area contributed by atoms with Crippen LogP contribution in [0.3, 0.4) is 0 Å². The molecule has 0 aliphatic rings. The van der Waals surface area contributed by atoms with E-state index in [4.69, 9.17) is 16.9 Å². The van der Waals surface area contributed by atoms with Gasteiger partial charge < -0.3 is 0 Å². The van der Waals surface area contributed by atoms with Crippen LogP contribution < -0.4 is 0 Å². The smallest absolute Gasteiger partial charge is 0.184 e. The third-order valence-electron chi connectivity index (χ3n) is 0.588. The predicted molar refractivity (Wildman–Crippen MR) is 49.8 cm³/mol. The van der Waals surface area contributed by atoms with Crippen molar-refractivity contribution in [2.45, 2.75) is 0 Å². The summed E-state index contributed by atoms with van der Waals surface area (Å²) in [6.45, 7) is 0. The highest BCUT2D eigenvalue weighted by molar-refractivity contribution is 8.59. The van der Waals surface area contributed by atoms with E-state index in [1.54, 1.807) is 0 Å². The highest BCUT2D eigenvalue weighted by Gasteiger charge is 1.93. The van der Waals surface area contributed by atoms with Crippen molar-refractivity contribution in [1.29, 1.82) is 5.26 Å². The second-order valence-corrected chi connectivity index (χ2v) is 2.70. The van der Waals surface area contributed by atoms with E-state index in [-0.39, 0.29) is 0 Å². The Morgan fingerprint density at radius 3 is 2.50 bits per heavy atom. The van der Waals surface area contributed by atoms with Crippen molar-refractivity contribution in [3.8, 4) is 6.07 Å². The molecule has 0 saturated heterocycles. The first-order valence-corrected chi connectivity index (χ1v) is 4.84. The van der Waals surface area contributed by atoms with Gasteiger partial charge in [0, 0.05) is 0 Å². The lowest BCUT2D eigenvalue weighted by Crippen LogP contribution is -1.54. The predicted octanol–water partition coefficient (Wildman–Crippen LogP) is 2.43. The van der Waals surface area contributed by atoms with Crippen LogP contribution in [-0.2, 0) is 0 Å². The maximum atomic E-state index is 8.21. The minimum Gasteiger partial charge on any atom is -0.232 e. The molecule has 0 radical (unpaired) electrons. The number of nitriles is 1. The van der Waals surface area contributed by atoms with Crippen LogP contribution in [0.5, 0.6) is 0 Å². The molecule has 1 aromatic rings. The maximum Gasteiger partial charge on any atom is 0.184 e. The number of thiazole rings is 1. The summed E-state index contributed by atoms with van der Waals surface area (Å²) in [7, 11) is 0. The van der Waals surface area contributed by atoms with Gasteiger partial charge in [-0.1, -0.05) is 22.9 Å². The highest BCUT2D eigenvalue weighted by atomic mass is 35.5. The number of thiol groups is 2. The SMILES string of the molecule is N#Cc1cnc(Cl)s1.SS. The second kappa shape index (κ2) is 5.86. The minimum absolute atomic E-state index is 0.418. The average Bonchev–Trinajstić information content (AvgIpc) is 2.40. The van der Waals surface area contributed by atoms with Gasteiger partial charge in [-0.05, 0) is 0 Å². The molecule has 10 heavy (non-hydrogen) atoms. The number of aromatic nitrogens is 1. The summed E-state index contributed by atoms with van der Waals surface area (Å²) in [5.41, 5.74) is 0. The van der Waals surface area contributed by atoms with E-state index in [0.29, 0.717) is 9.34 Å². The third kappa shape index (κ3) is 3.32. The molecule has 54 valence electrons. The van der Waals surface area contributed by atoms with Gasteiger partial charge in [-0.15, -0.1) is 23.3 Å². The molecule has 0 aliphatic carbocycles. The molecule has 0 N–H and O–H groups in total. The molecular weight excluding hydrogens is 208 g/mol. The van der Waals surface area contributed by atoms with Gasteiger partial charge >= 0.3 is 0 Å². The third-order valence-corrected chi connectivity index (χ3v) is 1.61. The quantitative estimate of drug-likeness (QED) is 0.510. The Hall–Kier alpha value is 0.110. The average molecular weight is 211 g/mol. The molecule has 1 rings (SSSR count). The summed E-state index contributed by atoms with van der Waals surface area (Å²) in [5.74, 6) is 0. The molecule has 2 nitrogen and oxygen atoms in total. The number of nitrogens with zero attached hydrogens (tertiary/aromatic N) is 2. The molecule has 6 heteroatoms. The zero-order valence-corrected chi connectivity index (χ0v) is 8.01. The van der Waals surface area contributed by atoms with Crippen LogP contribution in [0.15, 0.2) is 6.20 Å². The Kier molecular flexibility index (Phi) is 5.93. The molecule has 0 bridgehead atoms. The molecule has 0 fully saturated rings. The summed E-state index contributed by atoms with van der Waals surface area (Å²) in [4.78, 5) is 4.20. The lowest BCUT2D eigenvalue weighted by molar-refractivity contribution is 1.40. The largest absolute Gasteiger partial charge is 0.232 e. The number of hydrogen-bond donors (Lipinski definition) is 2. The molecule has 1 aromatic heterocycles. The number of rotatable bonds is 0. The highest BCUT2D eigenvalue weighted by Crippen LogP contribution is 2.15. The zero-order chi connectivity index (χ0) is 7.98. The second-order valence-electron chi connectivity index (χ2n) is 1.09. The fraction of sp³-hybridized carbons (Fsp3) is 0. The van der Waals surface area contributed by atoms with Crippen molar-refractivity contribution < 1.29 is 0 Å². The standard InChI is InChI=1S/C4HClN2S.H2S2/c5-4-7-2-3(1-6)8-4;1-2/h2H;1-2H. The first kappa shape index (κ1) is 10.1. The van der Waals surface area contributed by atoms with Gasteiger partial charge in [0.05, 0.1) is 6.20 Å². The molecule has 0 amide bonds. The van der Waals surface area contributed by atoms with E-state index in [1.165, 1.54) is 17.5 Å². The molecule has 0 aromatic carbocycles. The fourth-order valence-electron chi connectivity index (χ4n) is 0.305. The Labute approximate surface area is 78.1 Å². The van der Waals surface area contributed by atoms with Gasteiger partial charge in [0.25, 0.3) is 0 Å². The van der Waals surface area contributed by atoms with E-state index in [1.807, 2.05) is 6.07 Å². The van der Waals surface area contributed by atoms with Crippen molar-refractivity contribution >= 4 is 46.3 Å².